The zero-order chi connectivity index (χ0) is 19.9. The second-order valence-electron chi connectivity index (χ2n) is 8.08. The number of aromatic nitrogens is 2. The van der Waals surface area contributed by atoms with Gasteiger partial charge in [-0.25, -0.2) is 13.1 Å². The maximum Gasteiger partial charge on any atom is 0.272 e. The van der Waals surface area contributed by atoms with Crippen molar-refractivity contribution in [2.45, 2.75) is 51.0 Å². The van der Waals surface area contributed by atoms with Crippen molar-refractivity contribution in [2.75, 3.05) is 11.5 Å². The Morgan fingerprint density at radius 2 is 1.89 bits per heavy atom. The molecule has 2 heterocycles. The molecule has 1 atom stereocenters. The van der Waals surface area contributed by atoms with Crippen LogP contribution < -0.4 is 5.32 Å². The molecule has 8 heteroatoms. The zero-order valence-corrected chi connectivity index (χ0v) is 17.4. The van der Waals surface area contributed by atoms with Gasteiger partial charge in [0.1, 0.15) is 0 Å². The summed E-state index contributed by atoms with van der Waals surface area (Å²) in [7, 11) is -3.10. The highest BCUT2D eigenvalue weighted by Gasteiger charge is 2.40. The molecule has 6 nitrogen and oxygen atoms in total. The molecular formula is C20H24ClN3O3S. The molecule has 1 fully saturated rings. The number of carbonyl (C=O) groups excluding carboxylic acids is 1. The molecule has 0 spiro atoms. The van der Waals surface area contributed by atoms with Crippen molar-refractivity contribution in [1.82, 2.24) is 15.1 Å². The molecule has 1 aromatic carbocycles. The molecule has 1 saturated heterocycles. The first kappa shape index (κ1) is 19.5. The van der Waals surface area contributed by atoms with E-state index in [1.807, 2.05) is 28.9 Å². The second kappa shape index (κ2) is 7.19. The number of halogens is 1. The van der Waals surface area contributed by atoms with Gasteiger partial charge in [0.05, 0.1) is 22.7 Å². The molecule has 2 aromatic rings. The van der Waals surface area contributed by atoms with Gasteiger partial charge in [0.15, 0.2) is 15.5 Å². The summed E-state index contributed by atoms with van der Waals surface area (Å²) in [5.41, 5.74) is 2.59. The van der Waals surface area contributed by atoms with Gasteiger partial charge in [0.2, 0.25) is 0 Å². The third-order valence-corrected chi connectivity index (χ3v) is 7.79. The number of hydrogen-bond acceptors (Lipinski definition) is 4. The summed E-state index contributed by atoms with van der Waals surface area (Å²) in [6.45, 7) is 1.80. The molecule has 1 aromatic heterocycles. The Morgan fingerprint density at radius 3 is 2.57 bits per heavy atom. The number of amides is 1. The Bertz CT molecular complexity index is 1010. The molecule has 1 aliphatic carbocycles. The summed E-state index contributed by atoms with van der Waals surface area (Å²) in [4.78, 5) is 13.1. The second-order valence-corrected chi connectivity index (χ2v) is 10.7. The van der Waals surface area contributed by atoms with Gasteiger partial charge < -0.3 is 5.32 Å². The van der Waals surface area contributed by atoms with Crippen molar-refractivity contribution in [1.29, 1.82) is 0 Å². The molecule has 2 aliphatic rings. The number of nitrogens with one attached hydrogen (secondary N) is 1. The minimum Gasteiger partial charge on any atom is -0.344 e. The van der Waals surface area contributed by atoms with E-state index in [1.165, 1.54) is 0 Å². The molecule has 1 aliphatic heterocycles. The summed E-state index contributed by atoms with van der Waals surface area (Å²) in [6.07, 6.45) is 5.30. The summed E-state index contributed by atoms with van der Waals surface area (Å²) in [5, 5.41) is 8.26. The van der Waals surface area contributed by atoms with Gasteiger partial charge in [0, 0.05) is 16.3 Å². The van der Waals surface area contributed by atoms with Gasteiger partial charge in [-0.15, -0.1) is 0 Å². The maximum absolute atomic E-state index is 13.1. The van der Waals surface area contributed by atoms with Gasteiger partial charge in [-0.2, -0.15) is 5.10 Å². The van der Waals surface area contributed by atoms with Crippen LogP contribution in [0.3, 0.4) is 0 Å². The lowest BCUT2D eigenvalue weighted by Gasteiger charge is -2.23. The molecule has 1 amide bonds. The number of hydrogen-bond donors (Lipinski definition) is 1. The van der Waals surface area contributed by atoms with Crippen molar-refractivity contribution >= 4 is 27.3 Å². The first-order valence-corrected chi connectivity index (χ1v) is 11.9. The molecule has 0 bridgehead atoms. The van der Waals surface area contributed by atoms with E-state index in [2.05, 4.69) is 10.4 Å². The molecule has 0 saturated carbocycles. The third kappa shape index (κ3) is 3.82. The average molecular weight is 422 g/mol. The summed E-state index contributed by atoms with van der Waals surface area (Å²) < 4.78 is 25.6. The Hall–Kier alpha value is -1.86. The Morgan fingerprint density at radius 1 is 1.18 bits per heavy atom. The van der Waals surface area contributed by atoms with Crippen LogP contribution >= 0.6 is 11.6 Å². The van der Waals surface area contributed by atoms with Crippen molar-refractivity contribution in [3.8, 4) is 5.69 Å². The first-order chi connectivity index (χ1) is 13.3. The van der Waals surface area contributed by atoms with Crippen LogP contribution in [0.5, 0.6) is 0 Å². The fourth-order valence-corrected chi connectivity index (χ4v) is 6.42. The van der Waals surface area contributed by atoms with Crippen LogP contribution in [0.15, 0.2) is 24.3 Å². The van der Waals surface area contributed by atoms with Gasteiger partial charge in [-0.3, -0.25) is 4.79 Å². The predicted molar refractivity (Wildman–Crippen MR) is 109 cm³/mol. The van der Waals surface area contributed by atoms with E-state index >= 15 is 0 Å². The molecule has 28 heavy (non-hydrogen) atoms. The SMILES string of the molecule is CC1(NC(=O)c2nn(-c3ccc(Cl)cc3)c3c2CCCCC3)CCS(=O)(=O)C1. The molecule has 150 valence electrons. The number of sulfone groups is 1. The number of nitrogens with zero attached hydrogens (tertiary/aromatic N) is 2. The maximum atomic E-state index is 13.1. The highest BCUT2D eigenvalue weighted by Crippen LogP contribution is 2.28. The Labute approximate surface area is 170 Å². The quantitative estimate of drug-likeness (QED) is 0.772. The van der Waals surface area contributed by atoms with Crippen LogP contribution in [0.1, 0.15) is 54.4 Å². The van der Waals surface area contributed by atoms with Crippen LogP contribution in [0.4, 0.5) is 0 Å². The van der Waals surface area contributed by atoms with E-state index < -0.39 is 15.4 Å². The van der Waals surface area contributed by atoms with E-state index in [4.69, 9.17) is 11.6 Å². The average Bonchev–Trinajstić information content (AvgIpc) is 3.01. The summed E-state index contributed by atoms with van der Waals surface area (Å²) in [6, 6.07) is 7.41. The smallest absolute Gasteiger partial charge is 0.272 e. The van der Waals surface area contributed by atoms with Gasteiger partial charge in [-0.1, -0.05) is 18.0 Å². The van der Waals surface area contributed by atoms with Gasteiger partial charge in [0.25, 0.3) is 5.91 Å². The minimum atomic E-state index is -3.10. The Kier molecular flexibility index (Phi) is 5.00. The lowest BCUT2D eigenvalue weighted by Crippen LogP contribution is -2.47. The monoisotopic (exact) mass is 421 g/mol. The van der Waals surface area contributed by atoms with Gasteiger partial charge >= 0.3 is 0 Å². The zero-order valence-electron chi connectivity index (χ0n) is 15.9. The molecule has 0 radical (unpaired) electrons. The van der Waals surface area contributed by atoms with E-state index in [9.17, 15) is 13.2 Å². The van der Waals surface area contributed by atoms with E-state index in [1.54, 1.807) is 6.92 Å². The van der Waals surface area contributed by atoms with E-state index in [0.29, 0.717) is 17.1 Å². The molecule has 4 rings (SSSR count). The normalized spacial score (nSPS) is 23.8. The number of fused-ring (bicyclic) bond motifs is 1. The summed E-state index contributed by atoms with van der Waals surface area (Å²) in [5.74, 6) is -0.196. The van der Waals surface area contributed by atoms with Crippen molar-refractivity contribution in [3.05, 3.63) is 46.2 Å². The lowest BCUT2D eigenvalue weighted by atomic mass is 10.0. The Balaban J connectivity index is 1.70. The van der Waals surface area contributed by atoms with Crippen molar-refractivity contribution in [2.24, 2.45) is 0 Å². The third-order valence-electron chi connectivity index (χ3n) is 5.64. The van der Waals surface area contributed by atoms with Crippen LogP contribution in [0, 0.1) is 0 Å². The largest absolute Gasteiger partial charge is 0.344 e. The number of carbonyl (C=O) groups is 1. The molecular weight excluding hydrogens is 398 g/mol. The number of rotatable bonds is 3. The molecule has 1 unspecified atom stereocenters. The van der Waals surface area contributed by atoms with Crippen molar-refractivity contribution < 1.29 is 13.2 Å². The standard InChI is InChI=1S/C20H24ClN3O3S/c1-20(11-12-28(26,27)13-20)22-19(25)18-16-5-3-2-4-6-17(16)24(23-18)15-9-7-14(21)8-10-15/h7-10H,2-6,11-13H2,1H3,(H,22,25). The highest BCUT2D eigenvalue weighted by atomic mass is 35.5. The minimum absolute atomic E-state index is 0.0220. The van der Waals surface area contributed by atoms with Crippen LogP contribution in [-0.4, -0.2) is 41.2 Å². The predicted octanol–water partition coefficient (Wildman–Crippen LogP) is 3.10. The van der Waals surface area contributed by atoms with E-state index in [-0.39, 0.29) is 17.4 Å². The summed E-state index contributed by atoms with van der Waals surface area (Å²) >= 11 is 6.01. The van der Waals surface area contributed by atoms with Crippen LogP contribution in [0.25, 0.3) is 5.69 Å². The van der Waals surface area contributed by atoms with E-state index in [0.717, 1.165) is 49.0 Å². The number of benzene rings is 1. The lowest BCUT2D eigenvalue weighted by molar-refractivity contribution is 0.0909. The van der Waals surface area contributed by atoms with Gasteiger partial charge in [-0.05, 0) is 63.3 Å². The highest BCUT2D eigenvalue weighted by molar-refractivity contribution is 7.91. The van der Waals surface area contributed by atoms with Crippen LogP contribution in [0.2, 0.25) is 5.02 Å². The molecule has 1 N–H and O–H groups in total. The fraction of sp³-hybridized carbons (Fsp3) is 0.500. The van der Waals surface area contributed by atoms with Crippen molar-refractivity contribution in [3.63, 3.8) is 0 Å². The fourth-order valence-electron chi connectivity index (χ4n) is 4.20. The topological polar surface area (TPSA) is 81.1 Å². The first-order valence-electron chi connectivity index (χ1n) is 9.66. The van der Waals surface area contributed by atoms with Crippen LogP contribution in [-0.2, 0) is 22.7 Å².